The van der Waals surface area contributed by atoms with E-state index >= 15 is 0 Å². The summed E-state index contributed by atoms with van der Waals surface area (Å²) in [6.07, 6.45) is 4.86. The van der Waals surface area contributed by atoms with Crippen LogP contribution in [0.1, 0.15) is 37.1 Å². The van der Waals surface area contributed by atoms with E-state index in [1.165, 1.54) is 25.7 Å². The monoisotopic (exact) mass is 277 g/mol. The van der Waals surface area contributed by atoms with Crippen molar-refractivity contribution < 1.29 is 0 Å². The second-order valence-corrected chi connectivity index (χ2v) is 5.37. The van der Waals surface area contributed by atoms with Crippen molar-refractivity contribution in [2.45, 2.75) is 45.6 Å². The fourth-order valence-corrected chi connectivity index (χ4v) is 2.61. The zero-order valence-corrected chi connectivity index (χ0v) is 11.8. The van der Waals surface area contributed by atoms with Crippen LogP contribution in [0.2, 0.25) is 5.28 Å². The van der Waals surface area contributed by atoms with Gasteiger partial charge in [-0.3, -0.25) is 0 Å². The smallest absolute Gasteiger partial charge is 0.226 e. The van der Waals surface area contributed by atoms with Crippen LogP contribution in [0.15, 0.2) is 0 Å². The number of halogens is 1. The number of nitrogens with one attached hydrogen (secondary N) is 1. The van der Waals surface area contributed by atoms with Crippen molar-refractivity contribution in [3.8, 4) is 0 Å². The molecular formula is C13H16ClN5. The Morgan fingerprint density at radius 2 is 1.68 bits per heavy atom. The average Bonchev–Trinajstić information content (AvgIpc) is 2.84. The van der Waals surface area contributed by atoms with Crippen LogP contribution in [-0.4, -0.2) is 26.0 Å². The molecule has 3 rings (SSSR count). The summed E-state index contributed by atoms with van der Waals surface area (Å²) in [6, 6.07) is 0.456. The third-order valence-electron chi connectivity index (χ3n) is 3.61. The third-order valence-corrected chi connectivity index (χ3v) is 3.78. The first-order chi connectivity index (χ1) is 9.13. The summed E-state index contributed by atoms with van der Waals surface area (Å²) in [5.74, 6) is 0.706. The topological polar surface area (TPSA) is 63.6 Å². The molecule has 0 unspecified atom stereocenters. The molecule has 2 aromatic rings. The molecule has 0 aromatic carbocycles. The summed E-state index contributed by atoms with van der Waals surface area (Å²) < 4.78 is 0. The summed E-state index contributed by atoms with van der Waals surface area (Å²) in [5.41, 5.74) is 3.03. The molecule has 0 saturated heterocycles. The number of hydrogen-bond donors (Lipinski definition) is 1. The first kappa shape index (κ1) is 12.5. The van der Waals surface area contributed by atoms with E-state index in [1.54, 1.807) is 0 Å². The van der Waals surface area contributed by atoms with Crippen LogP contribution >= 0.6 is 11.6 Å². The Morgan fingerprint density at radius 1 is 1.00 bits per heavy atom. The average molecular weight is 278 g/mol. The Bertz CT molecular complexity index is 622. The maximum Gasteiger partial charge on any atom is 0.226 e. The molecule has 0 aliphatic heterocycles. The summed E-state index contributed by atoms with van der Waals surface area (Å²) in [7, 11) is 0. The SMILES string of the molecule is Cc1nc2nc(Cl)nc(NC3CCCC3)c2nc1C. The highest BCUT2D eigenvalue weighted by atomic mass is 35.5. The molecule has 2 heterocycles. The maximum absolute atomic E-state index is 5.97. The zero-order chi connectivity index (χ0) is 13.4. The maximum atomic E-state index is 5.97. The molecule has 0 amide bonds. The van der Waals surface area contributed by atoms with Gasteiger partial charge >= 0.3 is 0 Å². The van der Waals surface area contributed by atoms with Gasteiger partial charge in [-0.2, -0.15) is 9.97 Å². The van der Waals surface area contributed by atoms with E-state index in [9.17, 15) is 0 Å². The van der Waals surface area contributed by atoms with Crippen molar-refractivity contribution in [3.05, 3.63) is 16.7 Å². The third kappa shape index (κ3) is 2.47. The van der Waals surface area contributed by atoms with Crippen molar-refractivity contribution in [2.24, 2.45) is 0 Å². The van der Waals surface area contributed by atoms with Gasteiger partial charge in [0.2, 0.25) is 5.28 Å². The molecule has 1 N–H and O–H groups in total. The Hall–Kier alpha value is -1.49. The minimum absolute atomic E-state index is 0.213. The molecule has 0 radical (unpaired) electrons. The quantitative estimate of drug-likeness (QED) is 0.855. The van der Waals surface area contributed by atoms with Gasteiger partial charge in [-0.05, 0) is 38.3 Å². The van der Waals surface area contributed by atoms with Crippen LogP contribution < -0.4 is 5.32 Å². The van der Waals surface area contributed by atoms with Crippen molar-refractivity contribution in [1.29, 1.82) is 0 Å². The van der Waals surface area contributed by atoms with Gasteiger partial charge < -0.3 is 5.32 Å². The van der Waals surface area contributed by atoms with Crippen LogP contribution in [0.25, 0.3) is 11.2 Å². The highest BCUT2D eigenvalue weighted by Gasteiger charge is 2.18. The number of hydrogen-bond acceptors (Lipinski definition) is 5. The molecular weight excluding hydrogens is 262 g/mol. The van der Waals surface area contributed by atoms with Crippen LogP contribution in [0.5, 0.6) is 0 Å². The van der Waals surface area contributed by atoms with Crippen molar-refractivity contribution >= 4 is 28.6 Å². The lowest BCUT2D eigenvalue weighted by Crippen LogP contribution is -2.16. The molecule has 0 spiro atoms. The number of anilines is 1. The summed E-state index contributed by atoms with van der Waals surface area (Å²) in [5, 5.41) is 3.65. The number of rotatable bonds is 2. The van der Waals surface area contributed by atoms with Gasteiger partial charge in [0, 0.05) is 6.04 Å². The molecule has 0 atom stereocenters. The standard InChI is InChI=1S/C13H16ClN5/c1-7-8(2)16-11-10(15-7)12(19-13(14)18-11)17-9-5-3-4-6-9/h9H,3-6H2,1-2H3,(H,16,17,18,19). The second kappa shape index (κ2) is 4.89. The van der Waals surface area contributed by atoms with Crippen molar-refractivity contribution in [3.63, 3.8) is 0 Å². The van der Waals surface area contributed by atoms with Gasteiger partial charge in [0.1, 0.15) is 0 Å². The number of nitrogens with zero attached hydrogens (tertiary/aromatic N) is 4. The summed E-state index contributed by atoms with van der Waals surface area (Å²) in [6.45, 7) is 3.86. The van der Waals surface area contributed by atoms with Gasteiger partial charge in [0.15, 0.2) is 17.0 Å². The molecule has 2 aromatic heterocycles. The summed E-state index contributed by atoms with van der Waals surface area (Å²) >= 11 is 5.97. The molecule has 100 valence electrons. The van der Waals surface area contributed by atoms with E-state index in [1.807, 2.05) is 13.8 Å². The number of aromatic nitrogens is 4. The number of fused-ring (bicyclic) bond motifs is 1. The predicted octanol–water partition coefficient (Wildman–Crippen LogP) is 3.04. The fourth-order valence-electron chi connectivity index (χ4n) is 2.45. The van der Waals surface area contributed by atoms with E-state index in [0.29, 0.717) is 23.0 Å². The van der Waals surface area contributed by atoms with Crippen LogP contribution in [0, 0.1) is 13.8 Å². The molecule has 1 aliphatic rings. The Morgan fingerprint density at radius 3 is 2.42 bits per heavy atom. The van der Waals surface area contributed by atoms with Gasteiger partial charge in [-0.1, -0.05) is 12.8 Å². The lowest BCUT2D eigenvalue weighted by molar-refractivity contribution is 0.751. The Kier molecular flexibility index (Phi) is 3.22. The van der Waals surface area contributed by atoms with Gasteiger partial charge in [-0.25, -0.2) is 9.97 Å². The lowest BCUT2D eigenvalue weighted by atomic mass is 10.2. The largest absolute Gasteiger partial charge is 0.365 e. The van der Waals surface area contributed by atoms with Crippen LogP contribution in [-0.2, 0) is 0 Å². The van der Waals surface area contributed by atoms with Crippen LogP contribution in [0.3, 0.4) is 0 Å². The highest BCUT2D eigenvalue weighted by molar-refractivity contribution is 6.28. The normalized spacial score (nSPS) is 16.2. The van der Waals surface area contributed by atoms with Crippen molar-refractivity contribution in [2.75, 3.05) is 5.32 Å². The fraction of sp³-hybridized carbons (Fsp3) is 0.538. The predicted molar refractivity (Wildman–Crippen MR) is 75.5 cm³/mol. The zero-order valence-electron chi connectivity index (χ0n) is 11.1. The van der Waals surface area contributed by atoms with Gasteiger partial charge in [0.05, 0.1) is 11.4 Å². The molecule has 1 saturated carbocycles. The second-order valence-electron chi connectivity index (χ2n) is 5.03. The minimum atomic E-state index is 0.213. The van der Waals surface area contributed by atoms with E-state index in [4.69, 9.17) is 11.6 Å². The minimum Gasteiger partial charge on any atom is -0.365 e. The highest BCUT2D eigenvalue weighted by Crippen LogP contribution is 2.25. The van der Waals surface area contributed by atoms with E-state index in [0.717, 1.165) is 11.4 Å². The first-order valence-electron chi connectivity index (χ1n) is 6.58. The van der Waals surface area contributed by atoms with Crippen LogP contribution in [0.4, 0.5) is 5.82 Å². The van der Waals surface area contributed by atoms with Crippen molar-refractivity contribution in [1.82, 2.24) is 19.9 Å². The summed E-state index contributed by atoms with van der Waals surface area (Å²) in [4.78, 5) is 17.4. The Labute approximate surface area is 116 Å². The van der Waals surface area contributed by atoms with E-state index in [2.05, 4.69) is 25.3 Å². The Balaban J connectivity index is 2.08. The van der Waals surface area contributed by atoms with Gasteiger partial charge in [0.25, 0.3) is 0 Å². The molecule has 19 heavy (non-hydrogen) atoms. The number of aryl methyl sites for hydroxylation is 2. The van der Waals surface area contributed by atoms with E-state index < -0.39 is 0 Å². The van der Waals surface area contributed by atoms with E-state index in [-0.39, 0.29) is 5.28 Å². The molecule has 1 fully saturated rings. The lowest BCUT2D eigenvalue weighted by Gasteiger charge is -2.14. The molecule has 5 nitrogen and oxygen atoms in total. The van der Waals surface area contributed by atoms with Gasteiger partial charge in [-0.15, -0.1) is 0 Å². The first-order valence-corrected chi connectivity index (χ1v) is 6.96. The molecule has 1 aliphatic carbocycles. The molecule has 6 heteroatoms. The molecule has 0 bridgehead atoms.